The van der Waals surface area contributed by atoms with Crippen molar-refractivity contribution >= 4 is 5.78 Å². The quantitative estimate of drug-likeness (QED) is 0.734. The number of Topliss-reactive ketones (excluding diaryl/α,β-unsaturated/α-hetero) is 1. The summed E-state index contributed by atoms with van der Waals surface area (Å²) in [5, 5.41) is 0. The largest absolute Gasteiger partial charge is 0.299 e. The number of hydrogen-bond donors (Lipinski definition) is 0. The van der Waals surface area contributed by atoms with Gasteiger partial charge in [-0.2, -0.15) is 0 Å². The molecule has 1 rings (SSSR count). The van der Waals surface area contributed by atoms with Gasteiger partial charge < -0.3 is 0 Å². The van der Waals surface area contributed by atoms with E-state index in [0.717, 1.165) is 5.69 Å². The van der Waals surface area contributed by atoms with Crippen LogP contribution in [0, 0.1) is 5.92 Å². The lowest BCUT2D eigenvalue weighted by Crippen LogP contribution is -2.18. The minimum absolute atomic E-state index is 0.103. The summed E-state index contributed by atoms with van der Waals surface area (Å²) in [5.74, 6) is 0.411. The molecule has 1 heterocycles. The zero-order valence-corrected chi connectivity index (χ0v) is 8.90. The number of carbonyl (C=O) groups is 1. The van der Waals surface area contributed by atoms with Crippen LogP contribution in [0.2, 0.25) is 0 Å². The second kappa shape index (κ2) is 4.84. The molecule has 1 aromatic rings. The fourth-order valence-corrected chi connectivity index (χ4v) is 1.57. The molecule has 3 nitrogen and oxygen atoms in total. The zero-order valence-electron chi connectivity index (χ0n) is 8.90. The van der Waals surface area contributed by atoms with E-state index >= 15 is 0 Å². The minimum atomic E-state index is -0.103. The molecule has 0 spiro atoms. The molecule has 0 aliphatic heterocycles. The maximum Gasteiger partial charge on any atom is 0.141 e. The molecule has 1 unspecified atom stereocenters. The van der Waals surface area contributed by atoms with Gasteiger partial charge >= 0.3 is 0 Å². The van der Waals surface area contributed by atoms with Crippen LogP contribution in [0.4, 0.5) is 0 Å². The number of aromatic nitrogens is 2. The van der Waals surface area contributed by atoms with Crippen LogP contribution in [-0.2, 0) is 4.79 Å². The Hall–Kier alpha value is -1.25. The number of rotatable bonds is 4. The summed E-state index contributed by atoms with van der Waals surface area (Å²) in [7, 11) is 0. The minimum Gasteiger partial charge on any atom is -0.299 e. The van der Waals surface area contributed by atoms with E-state index in [4.69, 9.17) is 0 Å². The van der Waals surface area contributed by atoms with Crippen molar-refractivity contribution in [1.82, 2.24) is 9.97 Å². The van der Waals surface area contributed by atoms with Crippen molar-refractivity contribution in [3.63, 3.8) is 0 Å². The van der Waals surface area contributed by atoms with Crippen molar-refractivity contribution in [3.8, 4) is 0 Å². The van der Waals surface area contributed by atoms with Gasteiger partial charge in [-0.05, 0) is 5.92 Å². The molecule has 0 aromatic carbocycles. The lowest BCUT2D eigenvalue weighted by Gasteiger charge is -2.17. The SMILES string of the molecule is CCC(=O)C(c1cnccn1)C(C)C. The van der Waals surface area contributed by atoms with E-state index in [1.54, 1.807) is 18.6 Å². The second-order valence-corrected chi connectivity index (χ2v) is 3.67. The van der Waals surface area contributed by atoms with E-state index < -0.39 is 0 Å². The molecule has 0 fully saturated rings. The van der Waals surface area contributed by atoms with Crippen LogP contribution >= 0.6 is 0 Å². The lowest BCUT2D eigenvalue weighted by molar-refractivity contribution is -0.121. The highest BCUT2D eigenvalue weighted by molar-refractivity contribution is 5.85. The van der Waals surface area contributed by atoms with Crippen LogP contribution in [0.15, 0.2) is 18.6 Å². The monoisotopic (exact) mass is 192 g/mol. The van der Waals surface area contributed by atoms with Gasteiger partial charge in [-0.25, -0.2) is 0 Å². The summed E-state index contributed by atoms with van der Waals surface area (Å²) >= 11 is 0. The van der Waals surface area contributed by atoms with E-state index in [1.807, 2.05) is 20.8 Å². The van der Waals surface area contributed by atoms with E-state index in [-0.39, 0.29) is 17.6 Å². The fourth-order valence-electron chi connectivity index (χ4n) is 1.57. The van der Waals surface area contributed by atoms with Crippen molar-refractivity contribution in [2.24, 2.45) is 5.92 Å². The highest BCUT2D eigenvalue weighted by Gasteiger charge is 2.23. The smallest absolute Gasteiger partial charge is 0.141 e. The molecule has 76 valence electrons. The number of carbonyl (C=O) groups excluding carboxylic acids is 1. The normalized spacial score (nSPS) is 12.9. The third-order valence-electron chi connectivity index (χ3n) is 2.26. The first-order chi connectivity index (χ1) is 6.66. The Morgan fingerprint density at radius 2 is 2.14 bits per heavy atom. The van der Waals surface area contributed by atoms with Crippen LogP contribution in [0.25, 0.3) is 0 Å². The average Bonchev–Trinajstić information content (AvgIpc) is 2.19. The van der Waals surface area contributed by atoms with Gasteiger partial charge in [0.25, 0.3) is 0 Å². The fraction of sp³-hybridized carbons (Fsp3) is 0.545. The Bertz CT molecular complexity index is 295. The van der Waals surface area contributed by atoms with Gasteiger partial charge in [-0.3, -0.25) is 14.8 Å². The summed E-state index contributed by atoms with van der Waals surface area (Å²) in [6.07, 6.45) is 5.49. The Morgan fingerprint density at radius 3 is 2.57 bits per heavy atom. The maximum atomic E-state index is 11.7. The van der Waals surface area contributed by atoms with Crippen molar-refractivity contribution in [2.75, 3.05) is 0 Å². The highest BCUT2D eigenvalue weighted by atomic mass is 16.1. The summed E-state index contributed by atoms with van der Waals surface area (Å²) < 4.78 is 0. The molecule has 0 saturated heterocycles. The van der Waals surface area contributed by atoms with Gasteiger partial charge in [0, 0.05) is 25.0 Å². The molecule has 0 N–H and O–H groups in total. The van der Waals surface area contributed by atoms with Crippen molar-refractivity contribution in [1.29, 1.82) is 0 Å². The van der Waals surface area contributed by atoms with Crippen LogP contribution in [0.3, 0.4) is 0 Å². The third-order valence-corrected chi connectivity index (χ3v) is 2.26. The average molecular weight is 192 g/mol. The summed E-state index contributed by atoms with van der Waals surface area (Å²) in [6, 6.07) is 0. The van der Waals surface area contributed by atoms with Crippen LogP contribution in [0.5, 0.6) is 0 Å². The Morgan fingerprint density at radius 1 is 1.43 bits per heavy atom. The predicted molar refractivity (Wildman–Crippen MR) is 54.9 cm³/mol. The predicted octanol–water partition coefficient (Wildman–Crippen LogP) is 2.20. The van der Waals surface area contributed by atoms with Gasteiger partial charge in [0.1, 0.15) is 5.78 Å². The molecular formula is C11H16N2O. The Labute approximate surface area is 84.6 Å². The zero-order chi connectivity index (χ0) is 10.6. The molecule has 0 saturated carbocycles. The van der Waals surface area contributed by atoms with Gasteiger partial charge in [-0.1, -0.05) is 20.8 Å². The molecule has 0 bridgehead atoms. The first-order valence-electron chi connectivity index (χ1n) is 4.95. The van der Waals surface area contributed by atoms with Crippen LogP contribution in [-0.4, -0.2) is 15.8 Å². The molecule has 0 radical (unpaired) electrons. The summed E-state index contributed by atoms with van der Waals surface area (Å²) in [6.45, 7) is 5.95. The van der Waals surface area contributed by atoms with Crippen LogP contribution in [0.1, 0.15) is 38.8 Å². The highest BCUT2D eigenvalue weighted by Crippen LogP contribution is 2.23. The standard InChI is InChI=1S/C11H16N2O/c1-4-10(14)11(8(2)3)9-7-12-5-6-13-9/h5-8,11H,4H2,1-3H3. The number of ketones is 1. The number of hydrogen-bond acceptors (Lipinski definition) is 3. The topological polar surface area (TPSA) is 42.9 Å². The van der Waals surface area contributed by atoms with E-state index in [0.29, 0.717) is 6.42 Å². The number of nitrogens with zero attached hydrogens (tertiary/aromatic N) is 2. The van der Waals surface area contributed by atoms with Crippen molar-refractivity contribution < 1.29 is 4.79 Å². The molecule has 0 aliphatic carbocycles. The van der Waals surface area contributed by atoms with Gasteiger partial charge in [-0.15, -0.1) is 0 Å². The van der Waals surface area contributed by atoms with Gasteiger partial charge in [0.05, 0.1) is 11.6 Å². The molecule has 3 heteroatoms. The molecule has 1 atom stereocenters. The summed E-state index contributed by atoms with van der Waals surface area (Å²) in [5.41, 5.74) is 0.786. The second-order valence-electron chi connectivity index (χ2n) is 3.67. The van der Waals surface area contributed by atoms with Crippen molar-refractivity contribution in [2.45, 2.75) is 33.1 Å². The van der Waals surface area contributed by atoms with E-state index in [2.05, 4.69) is 9.97 Å². The first kappa shape index (κ1) is 10.8. The molecule has 0 amide bonds. The van der Waals surface area contributed by atoms with E-state index in [1.165, 1.54) is 0 Å². The molecular weight excluding hydrogens is 176 g/mol. The van der Waals surface area contributed by atoms with Crippen molar-refractivity contribution in [3.05, 3.63) is 24.3 Å². The van der Waals surface area contributed by atoms with Gasteiger partial charge in [0.15, 0.2) is 0 Å². The Balaban J connectivity index is 2.95. The lowest BCUT2D eigenvalue weighted by atomic mass is 9.87. The first-order valence-corrected chi connectivity index (χ1v) is 4.95. The van der Waals surface area contributed by atoms with E-state index in [9.17, 15) is 4.79 Å². The maximum absolute atomic E-state index is 11.7. The molecule has 0 aliphatic rings. The van der Waals surface area contributed by atoms with Crippen LogP contribution < -0.4 is 0 Å². The van der Waals surface area contributed by atoms with Gasteiger partial charge in [0.2, 0.25) is 0 Å². The molecule has 14 heavy (non-hydrogen) atoms. The Kier molecular flexibility index (Phi) is 3.74. The summed E-state index contributed by atoms with van der Waals surface area (Å²) in [4.78, 5) is 19.9. The molecule has 1 aromatic heterocycles. The third kappa shape index (κ3) is 2.37.